The van der Waals surface area contributed by atoms with Crippen LogP contribution in [0.15, 0.2) is 0 Å². The van der Waals surface area contributed by atoms with Gasteiger partial charge in [-0.2, -0.15) is 0 Å². The first-order valence-corrected chi connectivity index (χ1v) is 4.82. The molecule has 0 radical (unpaired) electrons. The Morgan fingerprint density at radius 2 is 2.10 bits per heavy atom. The molecule has 0 aromatic carbocycles. The molecule has 0 fully saturated rings. The molecule has 0 aliphatic rings. The first-order chi connectivity index (χ1) is 4.62. The maximum Gasteiger partial charge on any atom is 0.0494 e. The van der Waals surface area contributed by atoms with Crippen molar-refractivity contribution >= 4 is 11.8 Å². The van der Waals surface area contributed by atoms with Gasteiger partial charge >= 0.3 is 0 Å². The largest absolute Gasteiger partial charge is 0.396 e. The van der Waals surface area contributed by atoms with Gasteiger partial charge in [0, 0.05) is 24.4 Å². The lowest BCUT2D eigenvalue weighted by atomic mass is 9.95. The molecule has 0 unspecified atom stereocenters. The van der Waals surface area contributed by atoms with Crippen molar-refractivity contribution < 1.29 is 5.11 Å². The summed E-state index contributed by atoms with van der Waals surface area (Å²) in [6.07, 6.45) is 2.05. The van der Waals surface area contributed by atoms with E-state index in [-0.39, 0.29) is 12.0 Å². The summed E-state index contributed by atoms with van der Waals surface area (Å²) in [7, 11) is 0. The van der Waals surface area contributed by atoms with Gasteiger partial charge in [-0.3, -0.25) is 0 Å². The minimum Gasteiger partial charge on any atom is -0.396 e. The summed E-state index contributed by atoms with van der Waals surface area (Å²) in [6, 6.07) is 0. The highest BCUT2D eigenvalue weighted by molar-refractivity contribution is 7.98. The number of hydrogen-bond donors (Lipinski definition) is 2. The molecule has 0 aliphatic carbocycles. The lowest BCUT2D eigenvalue weighted by molar-refractivity contribution is 0.159. The molecule has 2 nitrogen and oxygen atoms in total. The van der Waals surface area contributed by atoms with E-state index in [1.165, 1.54) is 0 Å². The van der Waals surface area contributed by atoms with Crippen molar-refractivity contribution in [1.29, 1.82) is 0 Å². The van der Waals surface area contributed by atoms with E-state index in [4.69, 9.17) is 5.11 Å². The average Bonchev–Trinajstić information content (AvgIpc) is 1.89. The number of nitrogens with one attached hydrogen (secondary N) is 1. The molecule has 0 aromatic heterocycles. The van der Waals surface area contributed by atoms with E-state index < -0.39 is 0 Å². The number of thioether (sulfide) groups is 1. The Labute approximate surface area is 67.4 Å². The summed E-state index contributed by atoms with van der Waals surface area (Å²) in [6.45, 7) is 5.21. The Hall–Kier alpha value is 0.270. The highest BCUT2D eigenvalue weighted by atomic mass is 32.2. The van der Waals surface area contributed by atoms with Crippen LogP contribution in [0.3, 0.4) is 0 Å². The van der Waals surface area contributed by atoms with Crippen LogP contribution in [0, 0.1) is 5.41 Å². The van der Waals surface area contributed by atoms with Crippen molar-refractivity contribution in [2.45, 2.75) is 13.8 Å². The van der Waals surface area contributed by atoms with Crippen molar-refractivity contribution in [2.24, 2.45) is 5.41 Å². The number of hydrogen-bond acceptors (Lipinski definition) is 3. The summed E-state index contributed by atoms with van der Waals surface area (Å²) in [5.41, 5.74) is 0.0235. The molecule has 2 N–H and O–H groups in total. The molecule has 0 atom stereocenters. The second kappa shape index (κ2) is 4.99. The number of aliphatic hydroxyl groups excluding tert-OH is 1. The lowest BCUT2D eigenvalue weighted by Gasteiger charge is -2.21. The SMILES string of the molecule is CSCNCC(C)(C)CO. The average molecular weight is 163 g/mol. The Morgan fingerprint density at radius 1 is 1.50 bits per heavy atom. The number of aliphatic hydroxyl groups is 1. The van der Waals surface area contributed by atoms with Gasteiger partial charge in [-0.25, -0.2) is 0 Å². The van der Waals surface area contributed by atoms with E-state index >= 15 is 0 Å². The van der Waals surface area contributed by atoms with Gasteiger partial charge in [0.05, 0.1) is 0 Å². The van der Waals surface area contributed by atoms with Gasteiger partial charge in [-0.15, -0.1) is 11.8 Å². The zero-order valence-electron chi connectivity index (χ0n) is 6.98. The van der Waals surface area contributed by atoms with Crippen LogP contribution in [-0.4, -0.2) is 30.4 Å². The third-order valence-corrected chi connectivity index (χ3v) is 1.77. The topological polar surface area (TPSA) is 32.3 Å². The van der Waals surface area contributed by atoms with Crippen LogP contribution in [0.1, 0.15) is 13.8 Å². The van der Waals surface area contributed by atoms with Crippen LogP contribution >= 0.6 is 11.8 Å². The van der Waals surface area contributed by atoms with Crippen LogP contribution in [0.5, 0.6) is 0 Å². The third kappa shape index (κ3) is 5.09. The van der Waals surface area contributed by atoms with E-state index in [1.54, 1.807) is 11.8 Å². The first kappa shape index (κ1) is 10.3. The van der Waals surface area contributed by atoms with Gasteiger partial charge in [-0.05, 0) is 6.26 Å². The van der Waals surface area contributed by atoms with Crippen molar-refractivity contribution in [1.82, 2.24) is 5.32 Å². The Bertz CT molecular complexity index is 85.7. The predicted octanol–water partition coefficient (Wildman–Crippen LogP) is 0.915. The molecule has 62 valence electrons. The van der Waals surface area contributed by atoms with Crippen LogP contribution in [0.2, 0.25) is 0 Å². The Kier molecular flexibility index (Phi) is 5.13. The molecule has 3 heteroatoms. The molecule has 0 saturated carbocycles. The van der Waals surface area contributed by atoms with Gasteiger partial charge < -0.3 is 10.4 Å². The fourth-order valence-corrected chi connectivity index (χ4v) is 0.854. The van der Waals surface area contributed by atoms with Gasteiger partial charge in [0.1, 0.15) is 0 Å². The fourth-order valence-electron chi connectivity index (χ4n) is 0.547. The fraction of sp³-hybridized carbons (Fsp3) is 1.00. The molecule has 0 heterocycles. The summed E-state index contributed by atoms with van der Waals surface area (Å²) in [5.74, 6) is 0.962. The molecular weight excluding hydrogens is 146 g/mol. The highest BCUT2D eigenvalue weighted by Gasteiger charge is 2.14. The summed E-state index contributed by atoms with van der Waals surface area (Å²) < 4.78 is 0. The van der Waals surface area contributed by atoms with Crippen molar-refractivity contribution in [3.63, 3.8) is 0 Å². The molecular formula is C7H17NOS. The zero-order valence-corrected chi connectivity index (χ0v) is 7.79. The standard InChI is InChI=1S/C7H17NOS/c1-7(2,5-9)4-8-6-10-3/h8-9H,4-6H2,1-3H3. The second-order valence-corrected chi connectivity index (χ2v) is 4.05. The maximum absolute atomic E-state index is 8.85. The Balaban J connectivity index is 3.28. The second-order valence-electron chi connectivity index (χ2n) is 3.18. The molecule has 0 spiro atoms. The van der Waals surface area contributed by atoms with Gasteiger partial charge in [0.15, 0.2) is 0 Å². The zero-order chi connectivity index (χ0) is 8.04. The smallest absolute Gasteiger partial charge is 0.0494 e. The monoisotopic (exact) mass is 163 g/mol. The van der Waals surface area contributed by atoms with Gasteiger partial charge in [0.2, 0.25) is 0 Å². The minimum absolute atomic E-state index is 0.0235. The van der Waals surface area contributed by atoms with Crippen molar-refractivity contribution in [3.8, 4) is 0 Å². The van der Waals surface area contributed by atoms with Crippen molar-refractivity contribution in [2.75, 3.05) is 25.3 Å². The van der Waals surface area contributed by atoms with Crippen LogP contribution in [-0.2, 0) is 0 Å². The summed E-state index contributed by atoms with van der Waals surface area (Å²) in [4.78, 5) is 0. The van der Waals surface area contributed by atoms with E-state index in [0.29, 0.717) is 0 Å². The maximum atomic E-state index is 8.85. The molecule has 0 amide bonds. The number of rotatable bonds is 5. The minimum atomic E-state index is 0.0235. The first-order valence-electron chi connectivity index (χ1n) is 3.43. The van der Waals surface area contributed by atoms with E-state index in [9.17, 15) is 0 Å². The van der Waals surface area contributed by atoms with E-state index in [0.717, 1.165) is 12.4 Å². The molecule has 0 aromatic rings. The molecule has 0 saturated heterocycles. The quantitative estimate of drug-likeness (QED) is 0.467. The van der Waals surface area contributed by atoms with E-state index in [2.05, 4.69) is 11.6 Å². The lowest BCUT2D eigenvalue weighted by Crippen LogP contribution is -2.31. The molecule has 0 aliphatic heterocycles. The van der Waals surface area contributed by atoms with Crippen LogP contribution in [0.25, 0.3) is 0 Å². The van der Waals surface area contributed by atoms with Crippen molar-refractivity contribution in [3.05, 3.63) is 0 Å². The highest BCUT2D eigenvalue weighted by Crippen LogP contribution is 2.11. The van der Waals surface area contributed by atoms with Crippen LogP contribution < -0.4 is 5.32 Å². The predicted molar refractivity (Wildman–Crippen MR) is 47.3 cm³/mol. The summed E-state index contributed by atoms with van der Waals surface area (Å²) >= 11 is 1.76. The molecule has 0 bridgehead atoms. The van der Waals surface area contributed by atoms with Gasteiger partial charge in [0.25, 0.3) is 0 Å². The molecule has 10 heavy (non-hydrogen) atoms. The third-order valence-electron chi connectivity index (χ3n) is 1.28. The van der Waals surface area contributed by atoms with Gasteiger partial charge in [-0.1, -0.05) is 13.8 Å². The normalized spacial score (nSPS) is 12.0. The Morgan fingerprint density at radius 3 is 2.50 bits per heavy atom. The summed E-state index contributed by atoms with van der Waals surface area (Å²) in [5, 5.41) is 12.1. The van der Waals surface area contributed by atoms with E-state index in [1.807, 2.05) is 13.8 Å². The molecule has 0 rings (SSSR count). The van der Waals surface area contributed by atoms with Crippen LogP contribution in [0.4, 0.5) is 0 Å².